The molecule has 1 fully saturated rings. The van der Waals surface area contributed by atoms with Crippen LogP contribution >= 0.6 is 8.96 Å². The molecule has 2 unspecified atom stereocenters. The Bertz CT molecular complexity index is 274. The van der Waals surface area contributed by atoms with Crippen LogP contribution in [-0.4, -0.2) is 22.9 Å². The fraction of sp³-hybridized carbons (Fsp3) is 1.00. The Morgan fingerprint density at radius 1 is 1.21 bits per heavy atom. The maximum Gasteiger partial charge on any atom is 0.0898 e. The molecule has 0 N–H and O–H groups in total. The molecular formula is C16H34NOP. The van der Waals surface area contributed by atoms with E-state index in [2.05, 4.69) is 60.1 Å². The molecular weight excluding hydrogens is 253 g/mol. The molecule has 0 radical (unpaired) electrons. The highest BCUT2D eigenvalue weighted by Gasteiger charge is 2.47. The molecule has 5 atom stereocenters. The van der Waals surface area contributed by atoms with Crippen molar-refractivity contribution in [2.24, 2.45) is 17.3 Å². The van der Waals surface area contributed by atoms with Crippen LogP contribution in [0.3, 0.4) is 0 Å². The zero-order valence-electron chi connectivity index (χ0n) is 14.2. The first-order valence-corrected chi connectivity index (χ1v) is 8.78. The fourth-order valence-electron chi connectivity index (χ4n) is 3.49. The van der Waals surface area contributed by atoms with Gasteiger partial charge in [0.25, 0.3) is 0 Å². The van der Waals surface area contributed by atoms with Crippen molar-refractivity contribution in [2.75, 3.05) is 0 Å². The van der Waals surface area contributed by atoms with Crippen LogP contribution in [0.25, 0.3) is 0 Å². The smallest absolute Gasteiger partial charge is 0.0898 e. The van der Waals surface area contributed by atoms with E-state index in [1.165, 1.54) is 12.8 Å². The van der Waals surface area contributed by atoms with Gasteiger partial charge in [-0.15, -0.1) is 0 Å². The van der Waals surface area contributed by atoms with Gasteiger partial charge in [-0.3, -0.25) is 4.67 Å². The van der Waals surface area contributed by atoms with E-state index < -0.39 is 0 Å². The predicted octanol–water partition coefficient (Wildman–Crippen LogP) is 5.09. The minimum absolute atomic E-state index is 0.367. The van der Waals surface area contributed by atoms with Gasteiger partial charge in [-0.05, 0) is 57.8 Å². The van der Waals surface area contributed by atoms with Gasteiger partial charge in [0.05, 0.1) is 15.1 Å². The Morgan fingerprint density at radius 3 is 2.16 bits per heavy atom. The van der Waals surface area contributed by atoms with Crippen molar-refractivity contribution in [2.45, 2.75) is 86.4 Å². The van der Waals surface area contributed by atoms with Crippen molar-refractivity contribution in [3.63, 3.8) is 0 Å². The lowest BCUT2D eigenvalue weighted by Crippen LogP contribution is -2.34. The Morgan fingerprint density at radius 2 is 1.74 bits per heavy atom. The molecule has 0 bridgehead atoms. The summed E-state index contributed by atoms with van der Waals surface area (Å²) in [5, 5.41) is 0. The van der Waals surface area contributed by atoms with Gasteiger partial charge in [0.1, 0.15) is 0 Å². The van der Waals surface area contributed by atoms with Crippen molar-refractivity contribution < 1.29 is 4.52 Å². The van der Waals surface area contributed by atoms with Crippen molar-refractivity contribution in [1.29, 1.82) is 0 Å². The molecule has 1 aliphatic carbocycles. The highest BCUT2D eigenvalue weighted by atomic mass is 31.1. The van der Waals surface area contributed by atoms with Crippen LogP contribution in [0.2, 0.25) is 0 Å². The Balaban J connectivity index is 2.69. The second-order valence-electron chi connectivity index (χ2n) is 7.27. The lowest BCUT2D eigenvalue weighted by atomic mass is 9.82. The summed E-state index contributed by atoms with van der Waals surface area (Å²) < 4.78 is 8.89. The normalized spacial score (nSPS) is 36.5. The second kappa shape index (κ2) is 6.87. The van der Waals surface area contributed by atoms with Gasteiger partial charge in [-0.25, -0.2) is 0 Å². The third kappa shape index (κ3) is 3.93. The zero-order chi connectivity index (χ0) is 14.8. The molecule has 0 saturated heterocycles. The van der Waals surface area contributed by atoms with Gasteiger partial charge in [-0.2, -0.15) is 0 Å². The first kappa shape index (κ1) is 17.4. The van der Waals surface area contributed by atoms with Crippen LogP contribution < -0.4 is 0 Å². The Labute approximate surface area is 122 Å². The largest absolute Gasteiger partial charge is 0.342 e. The summed E-state index contributed by atoms with van der Waals surface area (Å²) in [4.78, 5) is 0. The van der Waals surface area contributed by atoms with E-state index in [0.717, 1.165) is 5.92 Å². The molecule has 3 heteroatoms. The van der Waals surface area contributed by atoms with E-state index in [-0.39, 0.29) is 0 Å². The van der Waals surface area contributed by atoms with Gasteiger partial charge in [-0.1, -0.05) is 27.7 Å². The average Bonchev–Trinajstić information content (AvgIpc) is 2.52. The van der Waals surface area contributed by atoms with E-state index >= 15 is 0 Å². The number of rotatable bonds is 6. The summed E-state index contributed by atoms with van der Waals surface area (Å²) in [6.45, 7) is 18.5. The summed E-state index contributed by atoms with van der Waals surface area (Å²) in [7, 11) is 0.497. The number of nitrogens with zero attached hydrogens (tertiary/aromatic N) is 1. The maximum absolute atomic E-state index is 6.43. The monoisotopic (exact) mass is 287 g/mol. The van der Waals surface area contributed by atoms with Crippen molar-refractivity contribution in [1.82, 2.24) is 4.67 Å². The molecule has 0 spiro atoms. The summed E-state index contributed by atoms with van der Waals surface area (Å²) in [6, 6.07) is 1.11. The first-order chi connectivity index (χ1) is 8.73. The van der Waals surface area contributed by atoms with Crippen LogP contribution in [0.4, 0.5) is 0 Å². The lowest BCUT2D eigenvalue weighted by molar-refractivity contribution is 0.0644. The topological polar surface area (TPSA) is 12.5 Å². The highest BCUT2D eigenvalue weighted by Crippen LogP contribution is 2.51. The Hall–Kier alpha value is 0.350. The molecule has 19 heavy (non-hydrogen) atoms. The molecule has 1 saturated carbocycles. The minimum atomic E-state index is 0.367. The third-order valence-electron chi connectivity index (χ3n) is 5.06. The summed E-state index contributed by atoms with van der Waals surface area (Å²) >= 11 is 0. The summed E-state index contributed by atoms with van der Waals surface area (Å²) in [5.41, 5.74) is 0.367. The van der Waals surface area contributed by atoms with Crippen LogP contribution in [0.15, 0.2) is 0 Å². The SMILES string of the molecule is CC[C@@]1(C)C[C@@H](C)[C@@H](C)C1OPN(C(C)C)C(C)C. The summed E-state index contributed by atoms with van der Waals surface area (Å²) in [6.07, 6.45) is 2.95. The van der Waals surface area contributed by atoms with Crippen LogP contribution in [0.1, 0.15) is 68.2 Å². The standard InChI is InChI=1S/C16H34NOP/c1-9-16(8)10-13(6)14(7)15(16)18-19-17(11(2)3)12(4)5/h11-15,19H,9-10H2,1-8H3/t13-,14-,15?,16+/m1/s1. The van der Waals surface area contributed by atoms with Gasteiger partial charge < -0.3 is 4.52 Å². The van der Waals surface area contributed by atoms with E-state index in [0.29, 0.717) is 38.5 Å². The molecule has 0 heterocycles. The van der Waals surface area contributed by atoms with Gasteiger partial charge in [0, 0.05) is 12.1 Å². The molecule has 0 amide bonds. The van der Waals surface area contributed by atoms with Crippen molar-refractivity contribution >= 4 is 8.96 Å². The zero-order valence-corrected chi connectivity index (χ0v) is 15.2. The molecule has 1 rings (SSSR count). The molecule has 114 valence electrons. The maximum atomic E-state index is 6.43. The lowest BCUT2D eigenvalue weighted by Gasteiger charge is -2.36. The molecule has 0 aliphatic heterocycles. The molecule has 0 aromatic carbocycles. The van der Waals surface area contributed by atoms with Gasteiger partial charge in [0.2, 0.25) is 0 Å². The fourth-order valence-corrected chi connectivity index (χ4v) is 4.65. The molecule has 0 aromatic rings. The van der Waals surface area contributed by atoms with Crippen molar-refractivity contribution in [3.8, 4) is 0 Å². The van der Waals surface area contributed by atoms with E-state index in [1.54, 1.807) is 0 Å². The van der Waals surface area contributed by atoms with Crippen molar-refractivity contribution in [3.05, 3.63) is 0 Å². The number of hydrogen-bond acceptors (Lipinski definition) is 2. The molecule has 0 aromatic heterocycles. The van der Waals surface area contributed by atoms with E-state index in [1.807, 2.05) is 0 Å². The van der Waals surface area contributed by atoms with Crippen LogP contribution in [-0.2, 0) is 4.52 Å². The predicted molar refractivity (Wildman–Crippen MR) is 86.6 cm³/mol. The van der Waals surface area contributed by atoms with E-state index in [4.69, 9.17) is 4.52 Å². The van der Waals surface area contributed by atoms with Crippen LogP contribution in [0, 0.1) is 17.3 Å². The molecule has 2 nitrogen and oxygen atoms in total. The van der Waals surface area contributed by atoms with Gasteiger partial charge >= 0.3 is 0 Å². The molecule has 1 aliphatic rings. The summed E-state index contributed by atoms with van der Waals surface area (Å²) in [5.74, 6) is 1.46. The first-order valence-electron chi connectivity index (χ1n) is 7.92. The van der Waals surface area contributed by atoms with E-state index in [9.17, 15) is 0 Å². The average molecular weight is 287 g/mol. The third-order valence-corrected chi connectivity index (χ3v) is 6.66. The quantitative estimate of drug-likeness (QED) is 0.631. The number of hydrogen-bond donors (Lipinski definition) is 0. The van der Waals surface area contributed by atoms with Crippen LogP contribution in [0.5, 0.6) is 0 Å². The second-order valence-corrected chi connectivity index (χ2v) is 8.21. The van der Waals surface area contributed by atoms with Gasteiger partial charge in [0.15, 0.2) is 0 Å². The highest BCUT2D eigenvalue weighted by molar-refractivity contribution is 7.29. The Kier molecular flexibility index (Phi) is 6.29. The minimum Gasteiger partial charge on any atom is -0.342 e.